The monoisotopic (exact) mass is 411 g/mol. The zero-order chi connectivity index (χ0) is 20.9. The number of anilines is 2. The smallest absolute Gasteiger partial charge is 0.262 e. The number of nitrogens with zero attached hydrogens (tertiary/aromatic N) is 3. The summed E-state index contributed by atoms with van der Waals surface area (Å²) in [4.78, 5) is 27.2. The minimum atomic E-state index is -0.650. The van der Waals surface area contributed by atoms with Crippen molar-refractivity contribution in [2.24, 2.45) is 0 Å². The summed E-state index contributed by atoms with van der Waals surface area (Å²) in [6.45, 7) is 3.06. The van der Waals surface area contributed by atoms with Crippen molar-refractivity contribution in [2.45, 2.75) is 51.2 Å². The van der Waals surface area contributed by atoms with Gasteiger partial charge in [0.05, 0.1) is 31.0 Å². The molecule has 1 fully saturated rings. The Labute approximate surface area is 176 Å². The van der Waals surface area contributed by atoms with Crippen molar-refractivity contribution in [1.29, 1.82) is 0 Å². The SMILES string of the molecule is CCCNC(=O)[C@H]1CN(CC(=O)Nc2ccnn2C2CCCC2)c2ccccc2O1. The molecule has 0 radical (unpaired) electrons. The van der Waals surface area contributed by atoms with E-state index in [0.29, 0.717) is 24.9 Å². The van der Waals surface area contributed by atoms with Crippen LogP contribution in [-0.2, 0) is 9.59 Å². The van der Waals surface area contributed by atoms with Crippen molar-refractivity contribution in [3.05, 3.63) is 36.5 Å². The third-order valence-electron chi connectivity index (χ3n) is 5.65. The lowest BCUT2D eigenvalue weighted by molar-refractivity contribution is -0.128. The molecule has 2 amide bonds. The third kappa shape index (κ3) is 4.42. The first kappa shape index (κ1) is 20.3. The van der Waals surface area contributed by atoms with Crippen molar-refractivity contribution >= 4 is 23.3 Å². The highest BCUT2D eigenvalue weighted by atomic mass is 16.5. The van der Waals surface area contributed by atoms with Crippen LogP contribution in [-0.4, -0.2) is 47.3 Å². The Morgan fingerprint density at radius 1 is 1.20 bits per heavy atom. The summed E-state index contributed by atoms with van der Waals surface area (Å²) in [5, 5.41) is 10.3. The maximum absolute atomic E-state index is 12.9. The second-order valence-corrected chi connectivity index (χ2v) is 7.89. The normalized spacial score (nSPS) is 18.6. The molecule has 2 heterocycles. The Morgan fingerprint density at radius 3 is 2.80 bits per heavy atom. The van der Waals surface area contributed by atoms with Gasteiger partial charge in [-0.2, -0.15) is 5.10 Å². The molecular weight excluding hydrogens is 382 g/mol. The highest BCUT2D eigenvalue weighted by Gasteiger charge is 2.31. The topological polar surface area (TPSA) is 88.5 Å². The summed E-state index contributed by atoms with van der Waals surface area (Å²) in [6, 6.07) is 9.69. The van der Waals surface area contributed by atoms with E-state index in [-0.39, 0.29) is 18.4 Å². The second-order valence-electron chi connectivity index (χ2n) is 7.89. The van der Waals surface area contributed by atoms with E-state index in [2.05, 4.69) is 15.7 Å². The largest absolute Gasteiger partial charge is 0.477 e. The average Bonchev–Trinajstić information content (AvgIpc) is 3.43. The van der Waals surface area contributed by atoms with Crippen LogP contribution in [0.3, 0.4) is 0 Å². The Balaban J connectivity index is 1.45. The Kier molecular flexibility index (Phi) is 6.21. The number of hydrogen-bond donors (Lipinski definition) is 2. The molecule has 30 heavy (non-hydrogen) atoms. The van der Waals surface area contributed by atoms with E-state index in [4.69, 9.17) is 4.74 Å². The number of aromatic nitrogens is 2. The molecule has 0 saturated heterocycles. The molecule has 0 spiro atoms. The third-order valence-corrected chi connectivity index (χ3v) is 5.65. The van der Waals surface area contributed by atoms with E-state index in [1.165, 1.54) is 12.8 Å². The number of benzene rings is 1. The number of nitrogens with one attached hydrogen (secondary N) is 2. The lowest BCUT2D eigenvalue weighted by Crippen LogP contribution is -2.50. The molecule has 4 rings (SSSR count). The number of hydrogen-bond acceptors (Lipinski definition) is 5. The van der Waals surface area contributed by atoms with Gasteiger partial charge in [-0.05, 0) is 31.4 Å². The molecule has 1 aromatic heterocycles. The maximum atomic E-state index is 12.9. The number of rotatable bonds is 7. The van der Waals surface area contributed by atoms with Crippen LogP contribution in [0.5, 0.6) is 5.75 Å². The lowest BCUT2D eigenvalue weighted by atomic mass is 10.1. The van der Waals surface area contributed by atoms with Gasteiger partial charge in [-0.25, -0.2) is 4.68 Å². The van der Waals surface area contributed by atoms with Gasteiger partial charge in [0.15, 0.2) is 6.10 Å². The van der Waals surface area contributed by atoms with Crippen LogP contribution in [0.2, 0.25) is 0 Å². The molecule has 160 valence electrons. The minimum Gasteiger partial charge on any atom is -0.477 e. The molecule has 2 aliphatic rings. The standard InChI is InChI=1S/C22H29N5O3/c1-2-12-23-22(29)19-14-26(17-9-5-6-10-18(17)30-19)15-21(28)25-20-11-13-24-27(20)16-7-3-4-8-16/h5-6,9-11,13,16,19H,2-4,7-8,12,14-15H2,1H3,(H,23,29)(H,25,28)/t19-/m1/s1. The van der Waals surface area contributed by atoms with Gasteiger partial charge in [-0.15, -0.1) is 0 Å². The van der Waals surface area contributed by atoms with Crippen LogP contribution in [0, 0.1) is 0 Å². The van der Waals surface area contributed by atoms with Crippen molar-refractivity contribution in [2.75, 3.05) is 29.9 Å². The first-order chi connectivity index (χ1) is 14.7. The first-order valence-corrected chi connectivity index (χ1v) is 10.8. The number of carbonyl (C=O) groups is 2. The van der Waals surface area contributed by atoms with E-state index < -0.39 is 6.10 Å². The van der Waals surface area contributed by atoms with Gasteiger partial charge in [0.2, 0.25) is 5.91 Å². The summed E-state index contributed by atoms with van der Waals surface area (Å²) in [6.07, 6.45) is 6.52. The van der Waals surface area contributed by atoms with Gasteiger partial charge in [0, 0.05) is 12.6 Å². The molecule has 2 N–H and O–H groups in total. The van der Waals surface area contributed by atoms with E-state index in [9.17, 15) is 9.59 Å². The van der Waals surface area contributed by atoms with Crippen LogP contribution in [0.1, 0.15) is 45.1 Å². The van der Waals surface area contributed by atoms with Crippen LogP contribution in [0.15, 0.2) is 36.5 Å². The maximum Gasteiger partial charge on any atom is 0.262 e. The first-order valence-electron chi connectivity index (χ1n) is 10.8. The van der Waals surface area contributed by atoms with Gasteiger partial charge in [0.25, 0.3) is 5.91 Å². The lowest BCUT2D eigenvalue weighted by Gasteiger charge is -2.35. The molecule has 0 unspecified atom stereocenters. The fourth-order valence-electron chi connectivity index (χ4n) is 4.16. The summed E-state index contributed by atoms with van der Waals surface area (Å²) < 4.78 is 7.83. The number of carbonyl (C=O) groups excluding carboxylic acids is 2. The molecule has 2 aromatic rings. The van der Waals surface area contributed by atoms with E-state index >= 15 is 0 Å². The molecule has 1 atom stereocenters. The van der Waals surface area contributed by atoms with Crippen molar-refractivity contribution in [3.63, 3.8) is 0 Å². The highest BCUT2D eigenvalue weighted by molar-refractivity contribution is 5.94. The predicted octanol–water partition coefficient (Wildman–Crippen LogP) is 2.73. The Morgan fingerprint density at radius 2 is 2.00 bits per heavy atom. The molecule has 1 aromatic carbocycles. The Hall–Kier alpha value is -3.03. The van der Waals surface area contributed by atoms with Crippen LogP contribution < -0.4 is 20.3 Å². The molecule has 1 aliphatic heterocycles. The summed E-state index contributed by atoms with van der Waals surface area (Å²) in [5.74, 6) is 1.05. The van der Waals surface area contributed by atoms with Crippen LogP contribution >= 0.6 is 0 Å². The molecule has 8 heteroatoms. The molecule has 0 bridgehead atoms. The summed E-state index contributed by atoms with van der Waals surface area (Å²) in [5.41, 5.74) is 0.816. The molecule has 8 nitrogen and oxygen atoms in total. The molecular formula is C22H29N5O3. The van der Waals surface area contributed by atoms with E-state index in [0.717, 1.165) is 30.8 Å². The number of amides is 2. The summed E-state index contributed by atoms with van der Waals surface area (Å²) >= 11 is 0. The van der Waals surface area contributed by atoms with Gasteiger partial charge in [-0.1, -0.05) is 31.9 Å². The number of fused-ring (bicyclic) bond motifs is 1. The van der Waals surface area contributed by atoms with Crippen molar-refractivity contribution in [3.8, 4) is 5.75 Å². The molecule has 1 saturated carbocycles. The van der Waals surface area contributed by atoms with Crippen LogP contribution in [0.4, 0.5) is 11.5 Å². The van der Waals surface area contributed by atoms with Crippen molar-refractivity contribution < 1.29 is 14.3 Å². The zero-order valence-corrected chi connectivity index (χ0v) is 17.3. The van der Waals surface area contributed by atoms with E-state index in [1.807, 2.05) is 46.8 Å². The quantitative estimate of drug-likeness (QED) is 0.731. The van der Waals surface area contributed by atoms with Gasteiger partial charge in [0.1, 0.15) is 11.6 Å². The van der Waals surface area contributed by atoms with Crippen LogP contribution in [0.25, 0.3) is 0 Å². The predicted molar refractivity (Wildman–Crippen MR) is 115 cm³/mol. The highest BCUT2D eigenvalue weighted by Crippen LogP contribution is 2.33. The van der Waals surface area contributed by atoms with E-state index in [1.54, 1.807) is 6.20 Å². The minimum absolute atomic E-state index is 0.133. The fourth-order valence-corrected chi connectivity index (χ4v) is 4.16. The Bertz CT molecular complexity index is 890. The fraction of sp³-hybridized carbons (Fsp3) is 0.500. The van der Waals surface area contributed by atoms with Gasteiger partial charge in [-0.3, -0.25) is 9.59 Å². The average molecular weight is 412 g/mol. The summed E-state index contributed by atoms with van der Waals surface area (Å²) in [7, 11) is 0. The number of para-hydroxylation sites is 2. The number of ether oxygens (including phenoxy) is 1. The van der Waals surface area contributed by atoms with Gasteiger partial charge >= 0.3 is 0 Å². The van der Waals surface area contributed by atoms with Gasteiger partial charge < -0.3 is 20.3 Å². The zero-order valence-electron chi connectivity index (χ0n) is 17.3. The molecule has 1 aliphatic carbocycles. The second kappa shape index (κ2) is 9.19. The van der Waals surface area contributed by atoms with Crippen molar-refractivity contribution in [1.82, 2.24) is 15.1 Å².